The third kappa shape index (κ3) is 4.47. The van der Waals surface area contributed by atoms with E-state index in [1.807, 2.05) is 19.2 Å². The van der Waals surface area contributed by atoms with Gasteiger partial charge in [0.25, 0.3) is 0 Å². The van der Waals surface area contributed by atoms with Crippen LogP contribution >= 0.6 is 0 Å². The molecular formula is C15H23NO3. The molecule has 0 spiro atoms. The Balaban J connectivity index is 2.61. The minimum atomic E-state index is -0.155. The largest absolute Gasteiger partial charge is 0.496 e. The van der Waals surface area contributed by atoms with E-state index >= 15 is 0 Å². The fourth-order valence-corrected chi connectivity index (χ4v) is 1.97. The van der Waals surface area contributed by atoms with E-state index in [1.165, 1.54) is 12.7 Å². The van der Waals surface area contributed by atoms with Gasteiger partial charge in [0.1, 0.15) is 5.75 Å². The first-order valence-corrected chi connectivity index (χ1v) is 6.57. The van der Waals surface area contributed by atoms with Gasteiger partial charge in [-0.3, -0.25) is 4.79 Å². The number of hydrogen-bond donors (Lipinski definition) is 0. The monoisotopic (exact) mass is 265 g/mol. The molecule has 0 saturated heterocycles. The van der Waals surface area contributed by atoms with Crippen molar-refractivity contribution in [1.29, 1.82) is 0 Å². The Morgan fingerprint density at radius 1 is 1.32 bits per heavy atom. The summed E-state index contributed by atoms with van der Waals surface area (Å²) in [6.45, 7) is 2.93. The first kappa shape index (κ1) is 15.3. The number of ether oxygens (including phenoxy) is 2. The number of anilines is 1. The van der Waals surface area contributed by atoms with Gasteiger partial charge in [-0.2, -0.15) is 0 Å². The van der Waals surface area contributed by atoms with Crippen molar-refractivity contribution in [3.63, 3.8) is 0 Å². The molecule has 0 amide bonds. The fourth-order valence-electron chi connectivity index (χ4n) is 1.97. The lowest BCUT2D eigenvalue weighted by molar-refractivity contribution is -0.140. The second-order valence-corrected chi connectivity index (χ2v) is 4.45. The number of carbonyl (C=O) groups is 1. The van der Waals surface area contributed by atoms with Crippen LogP contribution in [0.3, 0.4) is 0 Å². The summed E-state index contributed by atoms with van der Waals surface area (Å²) >= 11 is 0. The average molecular weight is 265 g/mol. The maximum absolute atomic E-state index is 11.1. The Bertz CT molecular complexity index is 418. The molecule has 0 aromatic heterocycles. The molecule has 19 heavy (non-hydrogen) atoms. The normalized spacial score (nSPS) is 10.1. The summed E-state index contributed by atoms with van der Waals surface area (Å²) in [6, 6.07) is 6.16. The zero-order chi connectivity index (χ0) is 14.3. The van der Waals surface area contributed by atoms with E-state index in [-0.39, 0.29) is 5.97 Å². The molecule has 0 aliphatic heterocycles. The van der Waals surface area contributed by atoms with E-state index in [0.29, 0.717) is 6.42 Å². The number of hydrogen-bond acceptors (Lipinski definition) is 4. The maximum Gasteiger partial charge on any atom is 0.305 e. The fraction of sp³-hybridized carbons (Fsp3) is 0.533. The summed E-state index contributed by atoms with van der Waals surface area (Å²) in [5, 5.41) is 0. The summed E-state index contributed by atoms with van der Waals surface area (Å²) in [6.07, 6.45) is 2.18. The molecular weight excluding hydrogens is 242 g/mol. The third-order valence-corrected chi connectivity index (χ3v) is 3.19. The summed E-state index contributed by atoms with van der Waals surface area (Å²) in [7, 11) is 5.13. The van der Waals surface area contributed by atoms with Crippen LogP contribution in [0, 0.1) is 0 Å². The van der Waals surface area contributed by atoms with Crippen LogP contribution in [0.15, 0.2) is 18.2 Å². The number of methoxy groups -OCH3 is 2. The summed E-state index contributed by atoms with van der Waals surface area (Å²) in [4.78, 5) is 13.2. The predicted molar refractivity (Wildman–Crippen MR) is 76.9 cm³/mol. The van der Waals surface area contributed by atoms with Crippen molar-refractivity contribution in [1.82, 2.24) is 0 Å². The van der Waals surface area contributed by atoms with Gasteiger partial charge in [-0.1, -0.05) is 6.92 Å². The Morgan fingerprint density at radius 3 is 2.63 bits per heavy atom. The van der Waals surface area contributed by atoms with Crippen molar-refractivity contribution in [2.75, 3.05) is 32.7 Å². The molecule has 0 atom stereocenters. The highest BCUT2D eigenvalue weighted by Crippen LogP contribution is 2.25. The Morgan fingerprint density at radius 2 is 2.05 bits per heavy atom. The van der Waals surface area contributed by atoms with Crippen LogP contribution in [-0.4, -0.2) is 33.8 Å². The highest BCUT2D eigenvalue weighted by molar-refractivity contribution is 5.69. The van der Waals surface area contributed by atoms with Crippen LogP contribution in [0.25, 0.3) is 0 Å². The summed E-state index contributed by atoms with van der Waals surface area (Å²) < 4.78 is 9.95. The van der Waals surface area contributed by atoms with E-state index in [1.54, 1.807) is 7.11 Å². The molecule has 0 bridgehead atoms. The highest BCUT2D eigenvalue weighted by Gasteiger charge is 2.07. The van der Waals surface area contributed by atoms with Crippen molar-refractivity contribution in [3.8, 4) is 5.75 Å². The third-order valence-electron chi connectivity index (χ3n) is 3.19. The molecule has 0 saturated carbocycles. The zero-order valence-corrected chi connectivity index (χ0v) is 12.2. The van der Waals surface area contributed by atoms with Gasteiger partial charge in [0.05, 0.1) is 14.2 Å². The molecule has 1 rings (SSSR count). The molecule has 0 radical (unpaired) electrons. The van der Waals surface area contributed by atoms with Gasteiger partial charge < -0.3 is 14.4 Å². The number of aryl methyl sites for hydroxylation is 1. The molecule has 1 aromatic carbocycles. The number of carbonyl (C=O) groups excluding carboxylic acids is 1. The molecule has 0 fully saturated rings. The Kier molecular flexibility index (Phi) is 6.19. The summed E-state index contributed by atoms with van der Waals surface area (Å²) in [5.74, 6) is 0.770. The lowest BCUT2D eigenvalue weighted by atomic mass is 10.1. The maximum atomic E-state index is 11.1. The average Bonchev–Trinajstić information content (AvgIpc) is 2.45. The number of esters is 1. The van der Waals surface area contributed by atoms with Crippen LogP contribution in [0.2, 0.25) is 0 Å². The molecule has 0 aliphatic carbocycles. The molecule has 0 N–H and O–H groups in total. The van der Waals surface area contributed by atoms with Crippen LogP contribution in [0.1, 0.15) is 25.3 Å². The van der Waals surface area contributed by atoms with Crippen molar-refractivity contribution in [2.45, 2.75) is 26.2 Å². The van der Waals surface area contributed by atoms with Crippen LogP contribution < -0.4 is 9.64 Å². The SMILES string of the molecule is CCc1cc(N(C)CCCC(=O)OC)ccc1OC. The smallest absolute Gasteiger partial charge is 0.305 e. The van der Waals surface area contributed by atoms with Crippen LogP contribution in [-0.2, 0) is 16.0 Å². The van der Waals surface area contributed by atoms with Gasteiger partial charge in [-0.15, -0.1) is 0 Å². The lowest BCUT2D eigenvalue weighted by Gasteiger charge is -2.20. The van der Waals surface area contributed by atoms with Gasteiger partial charge in [-0.05, 0) is 36.6 Å². The van der Waals surface area contributed by atoms with E-state index < -0.39 is 0 Å². The molecule has 4 nitrogen and oxygen atoms in total. The van der Waals surface area contributed by atoms with Gasteiger partial charge in [0.15, 0.2) is 0 Å². The Labute approximate surface area is 115 Å². The molecule has 4 heteroatoms. The Hall–Kier alpha value is -1.71. The topological polar surface area (TPSA) is 38.8 Å². The zero-order valence-electron chi connectivity index (χ0n) is 12.2. The van der Waals surface area contributed by atoms with Gasteiger partial charge in [0.2, 0.25) is 0 Å². The van der Waals surface area contributed by atoms with Crippen molar-refractivity contribution in [2.24, 2.45) is 0 Å². The van der Waals surface area contributed by atoms with Gasteiger partial charge >= 0.3 is 5.97 Å². The standard InChI is InChI=1S/C15H23NO3/c1-5-12-11-13(8-9-14(12)18-3)16(2)10-6-7-15(17)19-4/h8-9,11H,5-7,10H2,1-4H3. The van der Waals surface area contributed by atoms with Crippen molar-refractivity contribution < 1.29 is 14.3 Å². The lowest BCUT2D eigenvalue weighted by Crippen LogP contribution is -2.19. The van der Waals surface area contributed by atoms with Crippen LogP contribution in [0.4, 0.5) is 5.69 Å². The van der Waals surface area contributed by atoms with E-state index in [2.05, 4.69) is 22.6 Å². The second kappa shape index (κ2) is 7.67. The minimum Gasteiger partial charge on any atom is -0.496 e. The van der Waals surface area contributed by atoms with E-state index in [9.17, 15) is 4.79 Å². The van der Waals surface area contributed by atoms with Crippen molar-refractivity contribution in [3.05, 3.63) is 23.8 Å². The second-order valence-electron chi connectivity index (χ2n) is 4.45. The first-order valence-electron chi connectivity index (χ1n) is 6.57. The summed E-state index contributed by atoms with van der Waals surface area (Å²) in [5.41, 5.74) is 2.34. The first-order chi connectivity index (χ1) is 9.12. The number of rotatable bonds is 7. The van der Waals surface area contributed by atoms with Crippen molar-refractivity contribution >= 4 is 11.7 Å². The molecule has 0 heterocycles. The number of nitrogens with zero attached hydrogens (tertiary/aromatic N) is 1. The quantitative estimate of drug-likeness (QED) is 0.710. The molecule has 1 aromatic rings. The number of benzene rings is 1. The molecule has 0 unspecified atom stereocenters. The highest BCUT2D eigenvalue weighted by atomic mass is 16.5. The predicted octanol–water partition coefficient (Wildman–Crippen LogP) is 2.65. The van der Waals surface area contributed by atoms with Crippen LogP contribution in [0.5, 0.6) is 5.75 Å². The van der Waals surface area contributed by atoms with Gasteiger partial charge in [0, 0.05) is 25.7 Å². The minimum absolute atomic E-state index is 0.155. The van der Waals surface area contributed by atoms with E-state index in [4.69, 9.17) is 4.74 Å². The van der Waals surface area contributed by atoms with Gasteiger partial charge in [-0.25, -0.2) is 0 Å². The molecule has 106 valence electrons. The molecule has 0 aliphatic rings. The van der Waals surface area contributed by atoms with E-state index in [0.717, 1.165) is 30.8 Å².